The molecule has 0 saturated heterocycles. The van der Waals surface area contributed by atoms with E-state index in [-0.39, 0.29) is 12.4 Å². The van der Waals surface area contributed by atoms with Crippen LogP contribution >= 0.6 is 11.3 Å². The molecule has 0 aliphatic carbocycles. The summed E-state index contributed by atoms with van der Waals surface area (Å²) in [4.78, 5) is 5.09. The molecule has 2 rings (SSSR count). The zero-order chi connectivity index (χ0) is 11.7. The predicted molar refractivity (Wildman–Crippen MR) is 62.9 cm³/mol. The van der Waals surface area contributed by atoms with Crippen molar-refractivity contribution >= 4 is 11.3 Å². The summed E-state index contributed by atoms with van der Waals surface area (Å²) in [5.74, 6) is -0.243. The van der Waals surface area contributed by atoms with E-state index in [0.717, 1.165) is 15.4 Å². The first-order valence-corrected chi connectivity index (χ1v) is 5.77. The van der Waals surface area contributed by atoms with Crippen LogP contribution in [0.5, 0.6) is 0 Å². The van der Waals surface area contributed by atoms with Crippen molar-refractivity contribution in [3.8, 4) is 11.3 Å². The molecular formula is C12H12FNOS. The molecule has 0 spiro atoms. The second kappa shape index (κ2) is 4.31. The minimum absolute atomic E-state index is 0.0592. The summed E-state index contributed by atoms with van der Waals surface area (Å²) in [6, 6.07) is 5.01. The summed E-state index contributed by atoms with van der Waals surface area (Å²) in [6.07, 6.45) is 0. The summed E-state index contributed by atoms with van der Waals surface area (Å²) in [7, 11) is 0. The highest BCUT2D eigenvalue weighted by Crippen LogP contribution is 2.28. The molecule has 1 aromatic heterocycles. The monoisotopic (exact) mass is 237 g/mol. The Hall–Kier alpha value is -1.26. The molecule has 16 heavy (non-hydrogen) atoms. The van der Waals surface area contributed by atoms with Crippen molar-refractivity contribution in [1.82, 2.24) is 4.98 Å². The highest BCUT2D eigenvalue weighted by molar-refractivity contribution is 7.12. The van der Waals surface area contributed by atoms with Crippen molar-refractivity contribution in [2.75, 3.05) is 0 Å². The smallest absolute Gasteiger partial charge is 0.126 e. The number of aromatic nitrogens is 1. The molecule has 2 aromatic rings. The van der Waals surface area contributed by atoms with E-state index in [2.05, 4.69) is 4.98 Å². The fraction of sp³-hybridized carbons (Fsp3) is 0.250. The van der Waals surface area contributed by atoms with Gasteiger partial charge in [-0.3, -0.25) is 0 Å². The van der Waals surface area contributed by atoms with Crippen LogP contribution in [0.15, 0.2) is 18.2 Å². The number of rotatable bonds is 2. The van der Waals surface area contributed by atoms with Gasteiger partial charge in [0.1, 0.15) is 5.82 Å². The Bertz CT molecular complexity index is 522. The third kappa shape index (κ3) is 1.99. The molecule has 0 aliphatic heterocycles. The minimum Gasteiger partial charge on any atom is -0.391 e. The number of hydrogen-bond acceptors (Lipinski definition) is 3. The molecule has 1 N–H and O–H groups in total. The molecule has 0 fully saturated rings. The van der Waals surface area contributed by atoms with Crippen molar-refractivity contribution in [3.05, 3.63) is 39.5 Å². The molecule has 1 heterocycles. The second-order valence-electron chi connectivity index (χ2n) is 3.63. The Kier molecular flexibility index (Phi) is 3.03. The third-order valence-corrected chi connectivity index (χ3v) is 3.35. The number of aliphatic hydroxyl groups excluding tert-OH is 1. The molecule has 0 radical (unpaired) electrons. The highest BCUT2D eigenvalue weighted by Gasteiger charge is 2.11. The fourth-order valence-corrected chi connectivity index (χ4v) is 2.36. The number of thiazole rings is 1. The quantitative estimate of drug-likeness (QED) is 0.870. The van der Waals surface area contributed by atoms with Crippen molar-refractivity contribution in [2.24, 2.45) is 0 Å². The Morgan fingerprint density at radius 3 is 2.75 bits per heavy atom. The first-order valence-electron chi connectivity index (χ1n) is 4.95. The lowest BCUT2D eigenvalue weighted by Gasteiger charge is -2.02. The van der Waals surface area contributed by atoms with Gasteiger partial charge in [0.25, 0.3) is 0 Å². The number of halogens is 1. The summed E-state index contributed by atoms with van der Waals surface area (Å²) >= 11 is 1.44. The van der Waals surface area contributed by atoms with Gasteiger partial charge in [-0.05, 0) is 25.5 Å². The van der Waals surface area contributed by atoms with Gasteiger partial charge >= 0.3 is 0 Å². The fourth-order valence-electron chi connectivity index (χ4n) is 1.54. The zero-order valence-electron chi connectivity index (χ0n) is 9.12. The van der Waals surface area contributed by atoms with Crippen LogP contribution in [0.2, 0.25) is 0 Å². The Labute approximate surface area is 97.4 Å². The van der Waals surface area contributed by atoms with Crippen LogP contribution in [0.1, 0.15) is 15.4 Å². The van der Waals surface area contributed by atoms with Gasteiger partial charge < -0.3 is 5.11 Å². The van der Waals surface area contributed by atoms with Gasteiger partial charge in [0.15, 0.2) is 0 Å². The van der Waals surface area contributed by atoms with Gasteiger partial charge in [-0.25, -0.2) is 9.37 Å². The van der Waals surface area contributed by atoms with E-state index >= 15 is 0 Å². The molecule has 0 bridgehead atoms. The molecule has 84 valence electrons. The van der Waals surface area contributed by atoms with E-state index in [1.165, 1.54) is 17.4 Å². The third-order valence-electron chi connectivity index (χ3n) is 2.39. The van der Waals surface area contributed by atoms with E-state index in [9.17, 15) is 9.50 Å². The zero-order valence-corrected chi connectivity index (χ0v) is 9.94. The molecule has 0 atom stereocenters. The van der Waals surface area contributed by atoms with Gasteiger partial charge in [-0.1, -0.05) is 12.1 Å². The lowest BCUT2D eigenvalue weighted by atomic mass is 10.1. The standard InChI is InChI=1S/C12H12FNOS/c1-7-3-4-9(5-10(7)13)12-11(6-15)16-8(2)14-12/h3-5,15H,6H2,1-2H3. The Morgan fingerprint density at radius 1 is 1.38 bits per heavy atom. The summed E-state index contributed by atoms with van der Waals surface area (Å²) in [6.45, 7) is 3.53. The number of hydrogen-bond donors (Lipinski definition) is 1. The van der Waals surface area contributed by atoms with Crippen LogP contribution in [0.3, 0.4) is 0 Å². The van der Waals surface area contributed by atoms with Crippen molar-refractivity contribution in [1.29, 1.82) is 0 Å². The maximum atomic E-state index is 13.4. The first kappa shape index (κ1) is 11.2. The topological polar surface area (TPSA) is 33.1 Å². The number of aryl methyl sites for hydroxylation is 2. The molecule has 2 nitrogen and oxygen atoms in total. The Balaban J connectivity index is 2.53. The van der Waals surface area contributed by atoms with E-state index in [1.54, 1.807) is 13.0 Å². The number of aliphatic hydroxyl groups is 1. The van der Waals surface area contributed by atoms with E-state index < -0.39 is 0 Å². The van der Waals surface area contributed by atoms with E-state index in [0.29, 0.717) is 11.3 Å². The maximum Gasteiger partial charge on any atom is 0.126 e. The van der Waals surface area contributed by atoms with Crippen LogP contribution in [0, 0.1) is 19.7 Å². The number of benzene rings is 1. The molecule has 0 unspecified atom stereocenters. The maximum absolute atomic E-state index is 13.4. The molecular weight excluding hydrogens is 225 g/mol. The van der Waals surface area contributed by atoms with E-state index in [4.69, 9.17) is 0 Å². The van der Waals surface area contributed by atoms with Gasteiger partial charge in [-0.2, -0.15) is 0 Å². The van der Waals surface area contributed by atoms with Crippen LogP contribution in [0.25, 0.3) is 11.3 Å². The largest absolute Gasteiger partial charge is 0.391 e. The van der Waals surface area contributed by atoms with Crippen molar-refractivity contribution < 1.29 is 9.50 Å². The highest BCUT2D eigenvalue weighted by atomic mass is 32.1. The van der Waals surface area contributed by atoms with Gasteiger partial charge in [0, 0.05) is 5.56 Å². The average molecular weight is 237 g/mol. The van der Waals surface area contributed by atoms with E-state index in [1.807, 2.05) is 13.0 Å². The average Bonchev–Trinajstić information content (AvgIpc) is 2.63. The van der Waals surface area contributed by atoms with Crippen LogP contribution in [-0.4, -0.2) is 10.1 Å². The molecule has 4 heteroatoms. The van der Waals surface area contributed by atoms with Gasteiger partial charge in [-0.15, -0.1) is 11.3 Å². The molecule has 0 aliphatic rings. The summed E-state index contributed by atoms with van der Waals surface area (Å²) in [5, 5.41) is 10.1. The number of nitrogens with zero attached hydrogens (tertiary/aromatic N) is 1. The molecule has 0 saturated carbocycles. The summed E-state index contributed by atoms with van der Waals surface area (Å²) in [5.41, 5.74) is 2.02. The van der Waals surface area contributed by atoms with Crippen LogP contribution < -0.4 is 0 Å². The van der Waals surface area contributed by atoms with Crippen molar-refractivity contribution in [3.63, 3.8) is 0 Å². The van der Waals surface area contributed by atoms with Crippen LogP contribution in [0.4, 0.5) is 4.39 Å². The lowest BCUT2D eigenvalue weighted by molar-refractivity contribution is 0.286. The second-order valence-corrected chi connectivity index (χ2v) is 4.91. The normalized spacial score (nSPS) is 10.8. The Morgan fingerprint density at radius 2 is 2.12 bits per heavy atom. The first-order chi connectivity index (χ1) is 7.61. The molecule has 1 aromatic carbocycles. The summed E-state index contributed by atoms with van der Waals surface area (Å²) < 4.78 is 13.4. The van der Waals surface area contributed by atoms with Gasteiger partial charge in [0.2, 0.25) is 0 Å². The van der Waals surface area contributed by atoms with Crippen LogP contribution in [-0.2, 0) is 6.61 Å². The minimum atomic E-state index is -0.243. The predicted octanol–water partition coefficient (Wildman–Crippen LogP) is 3.06. The lowest BCUT2D eigenvalue weighted by Crippen LogP contribution is -1.88. The molecule has 0 amide bonds. The van der Waals surface area contributed by atoms with Gasteiger partial charge in [0.05, 0.1) is 22.2 Å². The SMILES string of the molecule is Cc1nc(-c2ccc(C)c(F)c2)c(CO)s1. The van der Waals surface area contributed by atoms with Crippen molar-refractivity contribution in [2.45, 2.75) is 20.5 Å².